The highest BCUT2D eigenvalue weighted by atomic mass is 32.2. The molecule has 5 heteroatoms. The largest absolute Gasteiger partial charge is 0.339 e. The Morgan fingerprint density at radius 3 is 2.53 bits per heavy atom. The molecule has 1 fully saturated rings. The summed E-state index contributed by atoms with van der Waals surface area (Å²) in [5.74, 6) is 0.778. The fourth-order valence-corrected chi connectivity index (χ4v) is 2.08. The highest BCUT2D eigenvalue weighted by molar-refractivity contribution is 7.99. The van der Waals surface area contributed by atoms with E-state index in [1.807, 2.05) is 18.1 Å². The van der Waals surface area contributed by atoms with Gasteiger partial charge in [-0.05, 0) is 13.2 Å². The number of carbonyl (C=O) groups excluding carboxylic acids is 1. The Kier molecular flexibility index (Phi) is 4.92. The number of rotatable bonds is 3. The molecular formula is C10H17N3OS. The van der Waals surface area contributed by atoms with Crippen molar-refractivity contribution in [2.45, 2.75) is 13.0 Å². The Labute approximate surface area is 95.2 Å². The second-order valence-corrected chi connectivity index (χ2v) is 4.52. The number of nitriles is 1. The van der Waals surface area contributed by atoms with Crippen LogP contribution in [0.4, 0.5) is 0 Å². The zero-order valence-corrected chi connectivity index (χ0v) is 10.1. The van der Waals surface area contributed by atoms with E-state index in [-0.39, 0.29) is 11.9 Å². The number of nitrogens with zero attached hydrogens (tertiary/aromatic N) is 3. The van der Waals surface area contributed by atoms with Crippen LogP contribution in [0.2, 0.25) is 0 Å². The van der Waals surface area contributed by atoms with Gasteiger partial charge in [0.15, 0.2) is 0 Å². The monoisotopic (exact) mass is 227 g/mol. The van der Waals surface area contributed by atoms with Gasteiger partial charge in [0.1, 0.15) is 0 Å². The van der Waals surface area contributed by atoms with Crippen molar-refractivity contribution >= 4 is 17.7 Å². The van der Waals surface area contributed by atoms with Gasteiger partial charge >= 0.3 is 0 Å². The van der Waals surface area contributed by atoms with Crippen molar-refractivity contribution in [3.63, 3.8) is 0 Å². The number of carbonyl (C=O) groups is 1. The molecule has 0 aliphatic carbocycles. The predicted octanol–water partition coefficient (Wildman–Crippen LogP) is 0.406. The number of piperazine rings is 1. The van der Waals surface area contributed by atoms with E-state index >= 15 is 0 Å². The van der Waals surface area contributed by atoms with Crippen LogP contribution in [0.25, 0.3) is 0 Å². The molecule has 0 aromatic heterocycles. The lowest BCUT2D eigenvalue weighted by atomic mass is 10.2. The van der Waals surface area contributed by atoms with E-state index in [1.165, 1.54) is 0 Å². The van der Waals surface area contributed by atoms with E-state index in [0.717, 1.165) is 26.2 Å². The van der Waals surface area contributed by atoms with Gasteiger partial charge in [0.05, 0.1) is 17.9 Å². The number of amides is 1. The molecule has 0 saturated carbocycles. The Morgan fingerprint density at radius 2 is 2.07 bits per heavy atom. The predicted molar refractivity (Wildman–Crippen MR) is 61.6 cm³/mol. The van der Waals surface area contributed by atoms with Crippen molar-refractivity contribution in [1.29, 1.82) is 5.26 Å². The maximum Gasteiger partial charge on any atom is 0.232 e. The Morgan fingerprint density at radius 1 is 1.47 bits per heavy atom. The van der Waals surface area contributed by atoms with Crippen LogP contribution in [0.1, 0.15) is 6.92 Å². The minimum absolute atomic E-state index is 0.0391. The fraction of sp³-hybridized carbons (Fsp3) is 0.800. The third kappa shape index (κ3) is 3.40. The molecule has 1 atom stereocenters. The van der Waals surface area contributed by atoms with Gasteiger partial charge in [-0.25, -0.2) is 0 Å². The average Bonchev–Trinajstić information content (AvgIpc) is 2.28. The molecule has 0 spiro atoms. The molecule has 1 saturated heterocycles. The molecule has 1 unspecified atom stereocenters. The first-order chi connectivity index (χ1) is 7.19. The van der Waals surface area contributed by atoms with Gasteiger partial charge in [0, 0.05) is 26.2 Å². The Hall–Kier alpha value is -0.730. The number of hydrogen-bond donors (Lipinski definition) is 0. The van der Waals surface area contributed by atoms with Gasteiger partial charge in [0.25, 0.3) is 0 Å². The smallest absolute Gasteiger partial charge is 0.232 e. The van der Waals surface area contributed by atoms with Crippen LogP contribution in [-0.2, 0) is 4.79 Å². The molecule has 1 aliphatic heterocycles. The molecule has 0 bridgehead atoms. The van der Waals surface area contributed by atoms with Crippen molar-refractivity contribution in [2.24, 2.45) is 0 Å². The van der Waals surface area contributed by atoms with E-state index in [1.54, 1.807) is 11.8 Å². The molecule has 15 heavy (non-hydrogen) atoms. The highest BCUT2D eigenvalue weighted by Crippen LogP contribution is 2.07. The van der Waals surface area contributed by atoms with E-state index in [0.29, 0.717) is 5.75 Å². The minimum Gasteiger partial charge on any atom is -0.339 e. The summed E-state index contributed by atoms with van der Waals surface area (Å²) in [7, 11) is 0. The summed E-state index contributed by atoms with van der Waals surface area (Å²) in [6, 6.07) is 2.18. The minimum atomic E-state index is -0.0391. The van der Waals surface area contributed by atoms with Gasteiger partial charge in [-0.1, -0.05) is 0 Å². The van der Waals surface area contributed by atoms with Crippen LogP contribution in [0, 0.1) is 11.3 Å². The summed E-state index contributed by atoms with van der Waals surface area (Å²) in [5, 5.41) is 8.77. The molecule has 0 aromatic carbocycles. The number of thioether (sulfide) groups is 1. The first-order valence-corrected chi connectivity index (χ1v) is 6.48. The molecule has 4 nitrogen and oxygen atoms in total. The molecule has 0 aromatic rings. The zero-order valence-electron chi connectivity index (χ0n) is 9.27. The van der Waals surface area contributed by atoms with Crippen molar-refractivity contribution in [2.75, 3.05) is 38.2 Å². The lowest BCUT2D eigenvalue weighted by Gasteiger charge is -2.35. The third-order valence-corrected chi connectivity index (χ3v) is 3.20. The lowest BCUT2D eigenvalue weighted by Crippen LogP contribution is -2.51. The van der Waals surface area contributed by atoms with Gasteiger partial charge in [-0.2, -0.15) is 17.0 Å². The van der Waals surface area contributed by atoms with E-state index in [4.69, 9.17) is 5.26 Å². The van der Waals surface area contributed by atoms with Crippen LogP contribution in [0.3, 0.4) is 0 Å². The standard InChI is InChI=1S/C10H17N3OS/c1-9(7-11)12-3-5-13(6-4-12)10(14)8-15-2/h9H,3-6,8H2,1-2H3. The summed E-state index contributed by atoms with van der Waals surface area (Å²) in [5.41, 5.74) is 0. The van der Waals surface area contributed by atoms with Crippen LogP contribution in [0.15, 0.2) is 0 Å². The highest BCUT2D eigenvalue weighted by Gasteiger charge is 2.23. The zero-order chi connectivity index (χ0) is 11.3. The van der Waals surface area contributed by atoms with Crippen molar-refractivity contribution in [3.05, 3.63) is 0 Å². The van der Waals surface area contributed by atoms with Crippen LogP contribution in [-0.4, -0.2) is 59.9 Å². The van der Waals surface area contributed by atoms with Crippen LogP contribution in [0.5, 0.6) is 0 Å². The Balaban J connectivity index is 2.36. The molecule has 0 N–H and O–H groups in total. The quantitative estimate of drug-likeness (QED) is 0.700. The van der Waals surface area contributed by atoms with E-state index < -0.39 is 0 Å². The number of hydrogen-bond acceptors (Lipinski definition) is 4. The van der Waals surface area contributed by atoms with E-state index in [2.05, 4.69) is 11.0 Å². The average molecular weight is 227 g/mol. The topological polar surface area (TPSA) is 47.3 Å². The molecule has 0 radical (unpaired) electrons. The van der Waals surface area contributed by atoms with Crippen LogP contribution < -0.4 is 0 Å². The van der Waals surface area contributed by atoms with Gasteiger partial charge in [-0.3, -0.25) is 9.69 Å². The van der Waals surface area contributed by atoms with Crippen molar-refractivity contribution in [3.8, 4) is 6.07 Å². The normalized spacial score (nSPS) is 19.7. The third-order valence-electron chi connectivity index (χ3n) is 2.67. The summed E-state index contributed by atoms with van der Waals surface area (Å²) >= 11 is 1.56. The van der Waals surface area contributed by atoms with Crippen molar-refractivity contribution < 1.29 is 4.79 Å². The van der Waals surface area contributed by atoms with E-state index in [9.17, 15) is 4.79 Å². The first-order valence-electron chi connectivity index (χ1n) is 5.09. The van der Waals surface area contributed by atoms with Crippen LogP contribution >= 0.6 is 11.8 Å². The second kappa shape index (κ2) is 5.99. The molecule has 1 heterocycles. The summed E-state index contributed by atoms with van der Waals surface area (Å²) < 4.78 is 0. The van der Waals surface area contributed by atoms with Crippen molar-refractivity contribution in [1.82, 2.24) is 9.80 Å². The molecule has 84 valence electrons. The summed E-state index contributed by atoms with van der Waals surface area (Å²) in [6.07, 6.45) is 1.94. The first kappa shape index (κ1) is 12.3. The lowest BCUT2D eigenvalue weighted by molar-refractivity contribution is -0.130. The maximum atomic E-state index is 11.6. The fourth-order valence-electron chi connectivity index (χ4n) is 1.66. The molecule has 1 rings (SSSR count). The Bertz CT molecular complexity index is 256. The van der Waals surface area contributed by atoms with Gasteiger partial charge in [0.2, 0.25) is 5.91 Å². The molecule has 1 amide bonds. The molecular weight excluding hydrogens is 210 g/mol. The summed E-state index contributed by atoms with van der Waals surface area (Å²) in [4.78, 5) is 15.6. The van der Waals surface area contributed by atoms with Gasteiger partial charge in [-0.15, -0.1) is 0 Å². The maximum absolute atomic E-state index is 11.6. The SMILES string of the molecule is CSCC(=O)N1CCN(C(C)C#N)CC1. The molecule has 1 aliphatic rings. The summed E-state index contributed by atoms with van der Waals surface area (Å²) in [6.45, 7) is 5.04. The van der Waals surface area contributed by atoms with Gasteiger partial charge < -0.3 is 4.90 Å². The second-order valence-electron chi connectivity index (χ2n) is 3.65.